The second kappa shape index (κ2) is 9.87. The first-order valence-electron chi connectivity index (χ1n) is 11.2. The molecule has 4 rings (SSSR count). The molecule has 0 aliphatic rings. The van der Waals surface area contributed by atoms with Gasteiger partial charge in [0.15, 0.2) is 15.5 Å². The maximum atomic E-state index is 13.0. The summed E-state index contributed by atoms with van der Waals surface area (Å²) in [6.07, 6.45) is 1.62. The Morgan fingerprint density at radius 2 is 1.69 bits per heavy atom. The molecule has 0 atom stereocenters. The van der Waals surface area contributed by atoms with Crippen molar-refractivity contribution in [2.75, 3.05) is 31.1 Å². The van der Waals surface area contributed by atoms with Crippen LogP contribution in [-0.2, 0) is 14.4 Å². The van der Waals surface area contributed by atoms with E-state index in [1.165, 1.54) is 7.11 Å². The van der Waals surface area contributed by atoms with E-state index in [0.717, 1.165) is 0 Å². The molecule has 0 bridgehead atoms. The van der Waals surface area contributed by atoms with Gasteiger partial charge in [-0.1, -0.05) is 12.1 Å². The van der Waals surface area contributed by atoms with Crippen LogP contribution in [0.5, 0.6) is 5.75 Å². The van der Waals surface area contributed by atoms with E-state index in [4.69, 9.17) is 4.74 Å². The molecule has 0 fully saturated rings. The minimum absolute atomic E-state index is 0.186. The molecule has 0 saturated heterocycles. The van der Waals surface area contributed by atoms with Crippen molar-refractivity contribution in [2.24, 2.45) is 0 Å². The first-order chi connectivity index (χ1) is 17.0. The van der Waals surface area contributed by atoms with E-state index in [2.05, 4.69) is 25.6 Å². The summed E-state index contributed by atoms with van der Waals surface area (Å²) in [5, 5.41) is 7.06. The van der Waals surface area contributed by atoms with Gasteiger partial charge in [-0.25, -0.2) is 13.4 Å². The molecule has 0 saturated carbocycles. The SMILES string of the molecule is COc1cc(P(C)(C)=O)ccc1Nc1nc(Nc2ccccc2S(=O)(=O)C(C)C)c2cccnc2n1. The quantitative estimate of drug-likeness (QED) is 0.308. The van der Waals surface area contributed by atoms with Crippen LogP contribution < -0.4 is 20.7 Å². The summed E-state index contributed by atoms with van der Waals surface area (Å²) >= 11 is 0. The molecule has 9 nitrogen and oxygen atoms in total. The predicted molar refractivity (Wildman–Crippen MR) is 145 cm³/mol. The van der Waals surface area contributed by atoms with Gasteiger partial charge < -0.3 is 19.9 Å². The Balaban J connectivity index is 1.79. The highest BCUT2D eigenvalue weighted by molar-refractivity contribution is 7.92. The number of aromatic nitrogens is 3. The average Bonchev–Trinajstić information content (AvgIpc) is 2.83. The van der Waals surface area contributed by atoms with Crippen molar-refractivity contribution in [3.05, 3.63) is 60.8 Å². The Hall–Kier alpha value is -3.49. The van der Waals surface area contributed by atoms with E-state index in [0.29, 0.717) is 39.3 Å². The molecule has 2 N–H and O–H groups in total. The zero-order chi connectivity index (χ0) is 26.1. The Morgan fingerprint density at radius 1 is 0.944 bits per heavy atom. The number of ether oxygens (including phenoxy) is 1. The Kier molecular flexibility index (Phi) is 7.02. The first-order valence-corrected chi connectivity index (χ1v) is 15.4. The van der Waals surface area contributed by atoms with Gasteiger partial charge in [-0.15, -0.1) is 0 Å². The van der Waals surface area contributed by atoms with Crippen molar-refractivity contribution in [1.82, 2.24) is 15.0 Å². The van der Waals surface area contributed by atoms with Crippen LogP contribution in [0.2, 0.25) is 0 Å². The normalized spacial score (nSPS) is 12.1. The summed E-state index contributed by atoms with van der Waals surface area (Å²) in [6, 6.07) is 15.6. The number of sulfone groups is 1. The van der Waals surface area contributed by atoms with Gasteiger partial charge in [0.2, 0.25) is 5.95 Å². The number of para-hydroxylation sites is 1. The molecule has 0 amide bonds. The molecule has 4 aromatic rings. The van der Waals surface area contributed by atoms with Crippen LogP contribution in [0.4, 0.5) is 23.1 Å². The molecule has 2 aromatic carbocycles. The Labute approximate surface area is 210 Å². The maximum absolute atomic E-state index is 13.0. The van der Waals surface area contributed by atoms with Crippen molar-refractivity contribution in [3.63, 3.8) is 0 Å². The third-order valence-electron chi connectivity index (χ3n) is 5.59. The van der Waals surface area contributed by atoms with Gasteiger partial charge in [0.1, 0.15) is 18.7 Å². The molecule has 188 valence electrons. The first kappa shape index (κ1) is 25.6. The predicted octanol–water partition coefficient (Wildman–Crippen LogP) is 4.95. The van der Waals surface area contributed by atoms with Crippen LogP contribution in [0, 0.1) is 0 Å². The lowest BCUT2D eigenvalue weighted by Crippen LogP contribution is -2.15. The number of anilines is 4. The molecule has 2 heterocycles. The summed E-state index contributed by atoms with van der Waals surface area (Å²) in [6.45, 7) is 6.68. The number of nitrogens with zero attached hydrogens (tertiary/aromatic N) is 3. The fourth-order valence-corrected chi connectivity index (χ4v) is 5.62. The minimum atomic E-state index is -3.54. The highest BCUT2D eigenvalue weighted by Crippen LogP contribution is 2.38. The molecule has 0 radical (unpaired) electrons. The van der Waals surface area contributed by atoms with Gasteiger partial charge in [-0.05, 0) is 69.6 Å². The van der Waals surface area contributed by atoms with Gasteiger partial charge >= 0.3 is 0 Å². The van der Waals surface area contributed by atoms with Gasteiger partial charge in [-0.2, -0.15) is 9.97 Å². The van der Waals surface area contributed by atoms with Crippen molar-refractivity contribution < 1.29 is 17.7 Å². The summed E-state index contributed by atoms with van der Waals surface area (Å²) in [4.78, 5) is 13.7. The number of methoxy groups -OCH3 is 1. The molecule has 11 heteroatoms. The zero-order valence-corrected chi connectivity index (χ0v) is 22.4. The van der Waals surface area contributed by atoms with Crippen molar-refractivity contribution in [1.29, 1.82) is 0 Å². The van der Waals surface area contributed by atoms with E-state index in [9.17, 15) is 13.0 Å². The van der Waals surface area contributed by atoms with Crippen LogP contribution in [0.25, 0.3) is 11.0 Å². The fraction of sp³-hybridized carbons (Fsp3) is 0.240. The molecule has 0 aliphatic heterocycles. The number of nitrogens with one attached hydrogen (secondary N) is 2. The molecule has 0 unspecified atom stereocenters. The molecular weight excluding hydrogens is 497 g/mol. The van der Waals surface area contributed by atoms with Crippen LogP contribution in [0.15, 0.2) is 65.7 Å². The van der Waals surface area contributed by atoms with Gasteiger partial charge in [0.05, 0.1) is 34.0 Å². The summed E-state index contributed by atoms with van der Waals surface area (Å²) in [5.41, 5.74) is 1.41. The smallest absolute Gasteiger partial charge is 0.231 e. The van der Waals surface area contributed by atoms with E-state index in [1.807, 2.05) is 6.07 Å². The number of fused-ring (bicyclic) bond motifs is 1. The maximum Gasteiger partial charge on any atom is 0.231 e. The zero-order valence-electron chi connectivity index (χ0n) is 20.7. The standard InChI is InChI=1S/C25H28N5O4PS/c1-16(2)36(32,33)22-11-7-6-10-20(22)27-24-18-9-8-14-26-23(18)29-25(30-24)28-19-13-12-17(35(4,5)31)15-21(19)34-3/h6-16H,1-5H3,(H2,26,27,28,29,30). The molecular formula is C25H28N5O4PS. The van der Waals surface area contributed by atoms with Crippen LogP contribution in [-0.4, -0.2) is 49.1 Å². The average molecular weight is 526 g/mol. The van der Waals surface area contributed by atoms with Gasteiger partial charge in [0, 0.05) is 11.5 Å². The largest absolute Gasteiger partial charge is 0.495 e. The summed E-state index contributed by atoms with van der Waals surface area (Å²) < 4.78 is 43.9. The van der Waals surface area contributed by atoms with Crippen molar-refractivity contribution in [3.8, 4) is 5.75 Å². The highest BCUT2D eigenvalue weighted by atomic mass is 32.2. The number of pyridine rings is 1. The lowest BCUT2D eigenvalue weighted by Gasteiger charge is -2.17. The van der Waals surface area contributed by atoms with Crippen LogP contribution in [0.1, 0.15) is 13.8 Å². The van der Waals surface area contributed by atoms with Gasteiger partial charge in [0.25, 0.3) is 0 Å². The van der Waals surface area contributed by atoms with Crippen LogP contribution >= 0.6 is 7.14 Å². The van der Waals surface area contributed by atoms with E-state index in [1.54, 1.807) is 81.9 Å². The third kappa shape index (κ3) is 5.20. The molecule has 2 aromatic heterocycles. The summed E-state index contributed by atoms with van der Waals surface area (Å²) in [5.74, 6) is 1.11. The second-order valence-corrected chi connectivity index (χ2v) is 14.5. The van der Waals surface area contributed by atoms with Crippen molar-refractivity contribution >= 4 is 56.5 Å². The van der Waals surface area contributed by atoms with Crippen LogP contribution in [0.3, 0.4) is 0 Å². The van der Waals surface area contributed by atoms with E-state index >= 15 is 0 Å². The lowest BCUT2D eigenvalue weighted by atomic mass is 10.2. The van der Waals surface area contributed by atoms with E-state index in [-0.39, 0.29) is 10.8 Å². The summed E-state index contributed by atoms with van der Waals surface area (Å²) in [7, 11) is -4.48. The fourth-order valence-electron chi connectivity index (χ4n) is 3.55. The van der Waals surface area contributed by atoms with Crippen molar-refractivity contribution in [2.45, 2.75) is 24.0 Å². The Bertz CT molecular complexity index is 1580. The highest BCUT2D eigenvalue weighted by Gasteiger charge is 2.23. The minimum Gasteiger partial charge on any atom is -0.495 e. The number of benzene rings is 2. The Morgan fingerprint density at radius 3 is 2.39 bits per heavy atom. The number of hydrogen-bond acceptors (Lipinski definition) is 9. The molecule has 36 heavy (non-hydrogen) atoms. The number of hydrogen-bond donors (Lipinski definition) is 2. The molecule has 0 aliphatic carbocycles. The topological polar surface area (TPSA) is 123 Å². The second-order valence-electron chi connectivity index (χ2n) is 8.85. The molecule has 0 spiro atoms. The van der Waals surface area contributed by atoms with E-state index < -0.39 is 22.2 Å². The number of rotatable bonds is 8. The third-order valence-corrected chi connectivity index (χ3v) is 9.32. The monoisotopic (exact) mass is 525 g/mol. The van der Waals surface area contributed by atoms with Gasteiger partial charge in [-0.3, -0.25) is 0 Å². The lowest BCUT2D eigenvalue weighted by molar-refractivity contribution is 0.417.